The maximum Gasteiger partial charge on any atom is 0.132 e. The van der Waals surface area contributed by atoms with Crippen LogP contribution in [-0.4, -0.2) is 7.11 Å². The maximum atomic E-state index is 14.1. The molecule has 0 aromatic heterocycles. The minimum absolute atomic E-state index is 0.0169. The van der Waals surface area contributed by atoms with Gasteiger partial charge in [0.05, 0.1) is 6.61 Å². The zero-order valence-electron chi connectivity index (χ0n) is 15.7. The first-order chi connectivity index (χ1) is 12.6. The van der Waals surface area contributed by atoms with Gasteiger partial charge in [-0.1, -0.05) is 44.0 Å². The summed E-state index contributed by atoms with van der Waals surface area (Å²) in [6.07, 6.45) is 7.76. The molecule has 1 aliphatic carbocycles. The van der Waals surface area contributed by atoms with Gasteiger partial charge >= 0.3 is 0 Å². The van der Waals surface area contributed by atoms with Crippen molar-refractivity contribution in [2.45, 2.75) is 58.0 Å². The van der Waals surface area contributed by atoms with Crippen LogP contribution in [0, 0.1) is 17.6 Å². The van der Waals surface area contributed by atoms with Gasteiger partial charge in [0.15, 0.2) is 0 Å². The Balaban J connectivity index is 1.72. The zero-order chi connectivity index (χ0) is 18.5. The molecule has 0 N–H and O–H groups in total. The lowest BCUT2D eigenvalue weighted by Gasteiger charge is -2.28. The molecule has 0 unspecified atom stereocenters. The smallest absolute Gasteiger partial charge is 0.132 e. The van der Waals surface area contributed by atoms with E-state index < -0.39 is 11.6 Å². The van der Waals surface area contributed by atoms with E-state index in [2.05, 4.69) is 19.1 Å². The van der Waals surface area contributed by atoms with Crippen molar-refractivity contribution >= 4 is 0 Å². The largest absolute Gasteiger partial charge is 0.380 e. The van der Waals surface area contributed by atoms with E-state index in [9.17, 15) is 8.78 Å². The van der Waals surface area contributed by atoms with Crippen molar-refractivity contribution in [3.05, 3.63) is 59.2 Å². The van der Waals surface area contributed by atoms with Gasteiger partial charge in [-0.05, 0) is 66.3 Å². The summed E-state index contributed by atoms with van der Waals surface area (Å²) < 4.78 is 33.1. The summed E-state index contributed by atoms with van der Waals surface area (Å²) in [5.41, 5.74) is 2.74. The van der Waals surface area contributed by atoms with Crippen molar-refractivity contribution in [2.75, 3.05) is 7.11 Å². The zero-order valence-corrected chi connectivity index (χ0v) is 15.7. The Morgan fingerprint density at radius 3 is 2.08 bits per heavy atom. The third-order valence-corrected chi connectivity index (χ3v) is 5.69. The Hall–Kier alpha value is -1.74. The molecule has 26 heavy (non-hydrogen) atoms. The second-order valence-corrected chi connectivity index (χ2v) is 7.48. The van der Waals surface area contributed by atoms with E-state index in [1.807, 2.05) is 12.1 Å². The normalized spacial score (nSPS) is 20.3. The first-order valence-electron chi connectivity index (χ1n) is 9.69. The van der Waals surface area contributed by atoms with E-state index in [1.54, 1.807) is 0 Å². The van der Waals surface area contributed by atoms with Crippen molar-refractivity contribution in [1.29, 1.82) is 0 Å². The van der Waals surface area contributed by atoms with Crippen molar-refractivity contribution in [3.63, 3.8) is 0 Å². The molecule has 0 amide bonds. The van der Waals surface area contributed by atoms with Crippen LogP contribution >= 0.6 is 0 Å². The van der Waals surface area contributed by atoms with E-state index in [4.69, 9.17) is 4.74 Å². The molecule has 0 spiro atoms. The van der Waals surface area contributed by atoms with Crippen LogP contribution in [0.25, 0.3) is 11.1 Å². The van der Waals surface area contributed by atoms with E-state index >= 15 is 0 Å². The molecule has 1 nitrogen and oxygen atoms in total. The van der Waals surface area contributed by atoms with Crippen LogP contribution in [-0.2, 0) is 11.3 Å². The van der Waals surface area contributed by atoms with Gasteiger partial charge in [0.1, 0.15) is 11.6 Å². The molecule has 0 aliphatic heterocycles. The molecule has 2 aromatic carbocycles. The number of ether oxygens (including phenoxy) is 1. The predicted molar refractivity (Wildman–Crippen MR) is 102 cm³/mol. The summed E-state index contributed by atoms with van der Waals surface area (Å²) in [6, 6.07) is 11.0. The fourth-order valence-corrected chi connectivity index (χ4v) is 4.19. The Morgan fingerprint density at radius 1 is 0.923 bits per heavy atom. The highest BCUT2D eigenvalue weighted by atomic mass is 19.1. The molecule has 0 atom stereocenters. The topological polar surface area (TPSA) is 9.23 Å². The number of rotatable bonds is 6. The SMILES string of the molecule is CCCC1CCC(c2ccc(-c3cc(F)c(COC)c(F)c3)cc2)CC1. The minimum atomic E-state index is -0.555. The van der Waals surface area contributed by atoms with Gasteiger partial charge in [-0.25, -0.2) is 8.78 Å². The first kappa shape index (κ1) is 19.0. The fraction of sp³-hybridized carbons (Fsp3) is 0.478. The van der Waals surface area contributed by atoms with Crippen LogP contribution in [0.4, 0.5) is 8.78 Å². The standard InChI is InChI=1S/C23H28F2O/c1-3-4-16-5-7-17(8-6-16)18-9-11-19(12-10-18)20-13-22(24)21(15-26-2)23(25)14-20/h9-14,16-17H,3-8,15H2,1-2H3. The van der Waals surface area contributed by atoms with Crippen LogP contribution < -0.4 is 0 Å². The van der Waals surface area contributed by atoms with Crippen molar-refractivity contribution in [2.24, 2.45) is 5.92 Å². The van der Waals surface area contributed by atoms with Gasteiger partial charge in [0.2, 0.25) is 0 Å². The summed E-state index contributed by atoms with van der Waals surface area (Å²) in [6.45, 7) is 2.20. The lowest BCUT2D eigenvalue weighted by atomic mass is 9.77. The molecule has 1 saturated carbocycles. The second kappa shape index (κ2) is 8.77. The fourth-order valence-electron chi connectivity index (χ4n) is 4.19. The van der Waals surface area contributed by atoms with Crippen molar-refractivity contribution in [1.82, 2.24) is 0 Å². The second-order valence-electron chi connectivity index (χ2n) is 7.48. The van der Waals surface area contributed by atoms with Crippen LogP contribution in [0.5, 0.6) is 0 Å². The van der Waals surface area contributed by atoms with Gasteiger partial charge in [-0.2, -0.15) is 0 Å². The summed E-state index contributed by atoms with van der Waals surface area (Å²) in [5, 5.41) is 0. The Kier molecular flexibility index (Phi) is 6.42. The van der Waals surface area contributed by atoms with E-state index in [1.165, 1.54) is 63.3 Å². The van der Waals surface area contributed by atoms with Crippen LogP contribution in [0.2, 0.25) is 0 Å². The van der Waals surface area contributed by atoms with Gasteiger partial charge in [0, 0.05) is 12.7 Å². The van der Waals surface area contributed by atoms with Crippen molar-refractivity contribution < 1.29 is 13.5 Å². The molecule has 3 rings (SSSR count). The lowest BCUT2D eigenvalue weighted by molar-refractivity contribution is 0.177. The number of methoxy groups -OCH3 is 1. The molecular weight excluding hydrogens is 330 g/mol. The monoisotopic (exact) mass is 358 g/mol. The molecular formula is C23H28F2O. The molecule has 0 heterocycles. The Labute approximate surface area is 155 Å². The van der Waals surface area contributed by atoms with Gasteiger partial charge in [0.25, 0.3) is 0 Å². The molecule has 1 fully saturated rings. The third kappa shape index (κ3) is 4.32. The molecule has 0 saturated heterocycles. The molecule has 0 bridgehead atoms. The highest BCUT2D eigenvalue weighted by Crippen LogP contribution is 2.38. The van der Waals surface area contributed by atoms with E-state index in [0.29, 0.717) is 11.5 Å². The highest BCUT2D eigenvalue weighted by molar-refractivity contribution is 5.64. The minimum Gasteiger partial charge on any atom is -0.380 e. The van der Waals surface area contributed by atoms with E-state index in [-0.39, 0.29) is 12.2 Å². The summed E-state index contributed by atoms with van der Waals surface area (Å²) in [5.74, 6) is 0.405. The first-order valence-corrected chi connectivity index (χ1v) is 9.69. The van der Waals surface area contributed by atoms with Gasteiger partial charge in [-0.15, -0.1) is 0 Å². The van der Waals surface area contributed by atoms with Crippen LogP contribution in [0.1, 0.15) is 62.5 Å². The average Bonchev–Trinajstić information content (AvgIpc) is 2.66. The quantitative estimate of drug-likeness (QED) is 0.548. The molecule has 140 valence electrons. The Bertz CT molecular complexity index is 692. The van der Waals surface area contributed by atoms with Crippen LogP contribution in [0.15, 0.2) is 36.4 Å². The maximum absolute atomic E-state index is 14.1. The molecule has 1 aliphatic rings. The average molecular weight is 358 g/mol. The van der Waals surface area contributed by atoms with E-state index in [0.717, 1.165) is 11.5 Å². The Morgan fingerprint density at radius 2 is 1.54 bits per heavy atom. The highest BCUT2D eigenvalue weighted by Gasteiger charge is 2.21. The number of benzene rings is 2. The summed E-state index contributed by atoms with van der Waals surface area (Å²) >= 11 is 0. The predicted octanol–water partition coefficient (Wildman–Crippen LogP) is 6.85. The molecule has 3 heteroatoms. The number of hydrogen-bond donors (Lipinski definition) is 0. The number of hydrogen-bond acceptors (Lipinski definition) is 1. The lowest BCUT2D eigenvalue weighted by Crippen LogP contribution is -2.13. The number of halogens is 2. The summed E-state index contributed by atoms with van der Waals surface area (Å²) in [4.78, 5) is 0. The van der Waals surface area contributed by atoms with Gasteiger partial charge < -0.3 is 4.74 Å². The van der Waals surface area contributed by atoms with Gasteiger partial charge in [-0.3, -0.25) is 0 Å². The van der Waals surface area contributed by atoms with Crippen molar-refractivity contribution in [3.8, 4) is 11.1 Å². The third-order valence-electron chi connectivity index (χ3n) is 5.69. The molecule has 0 radical (unpaired) electrons. The van der Waals surface area contributed by atoms with Crippen LogP contribution in [0.3, 0.4) is 0 Å². The molecule has 2 aromatic rings. The summed E-state index contributed by atoms with van der Waals surface area (Å²) in [7, 11) is 1.43.